The third-order valence-electron chi connectivity index (χ3n) is 3.59. The van der Waals surface area contributed by atoms with Crippen molar-refractivity contribution in [3.05, 3.63) is 35.7 Å². The molecule has 15 heavy (non-hydrogen) atoms. The van der Waals surface area contributed by atoms with Crippen molar-refractivity contribution in [2.75, 3.05) is 13.1 Å². The third kappa shape index (κ3) is 1.49. The summed E-state index contributed by atoms with van der Waals surface area (Å²) >= 11 is 0. The summed E-state index contributed by atoms with van der Waals surface area (Å²) in [5, 5.41) is 3.48. The number of allylic oxidation sites excluding steroid dienone is 1. The maximum absolute atomic E-state index is 4.28. The summed E-state index contributed by atoms with van der Waals surface area (Å²) in [6.07, 6.45) is 7.57. The Balaban J connectivity index is 1.94. The van der Waals surface area contributed by atoms with Gasteiger partial charge in [-0.25, -0.2) is 0 Å². The van der Waals surface area contributed by atoms with Gasteiger partial charge in [-0.3, -0.25) is 4.98 Å². The molecule has 1 aliphatic carbocycles. The lowest BCUT2D eigenvalue weighted by Crippen LogP contribution is -2.10. The molecule has 1 saturated heterocycles. The second kappa shape index (κ2) is 3.46. The van der Waals surface area contributed by atoms with Crippen molar-refractivity contribution in [3.8, 4) is 0 Å². The molecule has 78 valence electrons. The fraction of sp³-hybridized carbons (Fsp3) is 0.462. The summed E-state index contributed by atoms with van der Waals surface area (Å²) in [5.74, 6) is 1.56. The van der Waals surface area contributed by atoms with Gasteiger partial charge in [-0.1, -0.05) is 6.08 Å². The van der Waals surface area contributed by atoms with Crippen LogP contribution in [0.3, 0.4) is 0 Å². The zero-order valence-electron chi connectivity index (χ0n) is 9.03. The molecule has 0 radical (unpaired) electrons. The Morgan fingerprint density at radius 2 is 2.27 bits per heavy atom. The molecule has 0 bridgehead atoms. The average Bonchev–Trinajstić information content (AvgIpc) is 2.77. The number of hydrogen-bond donors (Lipinski definition) is 1. The van der Waals surface area contributed by atoms with Crippen LogP contribution >= 0.6 is 0 Å². The van der Waals surface area contributed by atoms with Gasteiger partial charge in [-0.2, -0.15) is 0 Å². The van der Waals surface area contributed by atoms with Gasteiger partial charge in [0.1, 0.15) is 0 Å². The molecule has 3 rings (SSSR count). The van der Waals surface area contributed by atoms with E-state index in [1.54, 1.807) is 0 Å². The lowest BCUT2D eigenvalue weighted by Gasteiger charge is -2.13. The minimum atomic E-state index is 0.730. The van der Waals surface area contributed by atoms with E-state index in [4.69, 9.17) is 0 Å². The van der Waals surface area contributed by atoms with Gasteiger partial charge in [-0.15, -0.1) is 0 Å². The van der Waals surface area contributed by atoms with Crippen molar-refractivity contribution in [2.24, 2.45) is 11.8 Å². The van der Waals surface area contributed by atoms with Crippen molar-refractivity contribution in [1.29, 1.82) is 0 Å². The Kier molecular flexibility index (Phi) is 2.10. The van der Waals surface area contributed by atoms with E-state index in [-0.39, 0.29) is 0 Å². The molecule has 2 unspecified atom stereocenters. The molecule has 2 heterocycles. The molecular weight excluding hydrogens is 184 g/mol. The monoisotopic (exact) mass is 200 g/mol. The molecule has 1 fully saturated rings. The maximum atomic E-state index is 4.28. The molecule has 2 atom stereocenters. The van der Waals surface area contributed by atoms with E-state index in [9.17, 15) is 0 Å². The van der Waals surface area contributed by atoms with E-state index >= 15 is 0 Å². The summed E-state index contributed by atoms with van der Waals surface area (Å²) < 4.78 is 0. The zero-order chi connectivity index (χ0) is 10.3. The molecule has 1 N–H and O–H groups in total. The van der Waals surface area contributed by atoms with E-state index in [0.29, 0.717) is 0 Å². The number of pyridine rings is 1. The molecule has 0 spiro atoms. The first-order chi connectivity index (χ1) is 7.34. The van der Waals surface area contributed by atoms with Crippen LogP contribution in [0.2, 0.25) is 0 Å². The molecular formula is C13H16N2. The average molecular weight is 200 g/mol. The minimum Gasteiger partial charge on any atom is -0.316 e. The van der Waals surface area contributed by atoms with Crippen LogP contribution in [-0.4, -0.2) is 18.1 Å². The van der Waals surface area contributed by atoms with Crippen LogP contribution in [0.5, 0.6) is 0 Å². The van der Waals surface area contributed by atoms with E-state index in [1.807, 2.05) is 12.4 Å². The van der Waals surface area contributed by atoms with Gasteiger partial charge in [0.25, 0.3) is 0 Å². The maximum Gasteiger partial charge on any atom is 0.0343 e. The summed E-state index contributed by atoms with van der Waals surface area (Å²) in [6, 6.07) is 2.25. The topological polar surface area (TPSA) is 24.9 Å². The minimum absolute atomic E-state index is 0.730. The van der Waals surface area contributed by atoms with Crippen molar-refractivity contribution >= 4 is 5.57 Å². The number of aryl methyl sites for hydroxylation is 1. The molecule has 1 aromatic rings. The molecule has 0 aromatic carbocycles. The normalized spacial score (nSPS) is 29.0. The Bertz CT molecular complexity index is 409. The number of nitrogens with zero attached hydrogens (tertiary/aromatic N) is 1. The van der Waals surface area contributed by atoms with E-state index in [2.05, 4.69) is 29.4 Å². The Hall–Kier alpha value is -1.15. The molecule has 2 aliphatic rings. The Morgan fingerprint density at radius 1 is 1.33 bits per heavy atom. The first-order valence-corrected chi connectivity index (χ1v) is 5.67. The van der Waals surface area contributed by atoms with Crippen LogP contribution in [0.1, 0.15) is 17.5 Å². The van der Waals surface area contributed by atoms with Gasteiger partial charge >= 0.3 is 0 Å². The van der Waals surface area contributed by atoms with Gasteiger partial charge < -0.3 is 5.32 Å². The van der Waals surface area contributed by atoms with Crippen molar-refractivity contribution in [1.82, 2.24) is 10.3 Å². The number of rotatable bonds is 1. The van der Waals surface area contributed by atoms with Crippen LogP contribution in [0, 0.1) is 18.8 Å². The molecule has 0 amide bonds. The molecule has 2 heteroatoms. The number of hydrogen-bond acceptors (Lipinski definition) is 2. The van der Waals surface area contributed by atoms with Crippen LogP contribution in [-0.2, 0) is 0 Å². The first-order valence-electron chi connectivity index (χ1n) is 5.67. The van der Waals surface area contributed by atoms with Gasteiger partial charge in [0.15, 0.2) is 0 Å². The summed E-state index contributed by atoms with van der Waals surface area (Å²) in [6.45, 7) is 4.44. The zero-order valence-corrected chi connectivity index (χ0v) is 9.03. The highest BCUT2D eigenvalue weighted by Crippen LogP contribution is 2.39. The highest BCUT2D eigenvalue weighted by atomic mass is 14.9. The fourth-order valence-corrected chi connectivity index (χ4v) is 2.82. The van der Waals surface area contributed by atoms with Crippen LogP contribution in [0.25, 0.3) is 5.57 Å². The van der Waals surface area contributed by atoms with Crippen LogP contribution < -0.4 is 5.32 Å². The van der Waals surface area contributed by atoms with Gasteiger partial charge in [0, 0.05) is 24.9 Å². The summed E-state index contributed by atoms with van der Waals surface area (Å²) in [4.78, 5) is 4.28. The second-order valence-corrected chi connectivity index (χ2v) is 4.67. The van der Waals surface area contributed by atoms with Crippen molar-refractivity contribution in [3.63, 3.8) is 0 Å². The predicted octanol–water partition coefficient (Wildman–Crippen LogP) is 2.01. The quantitative estimate of drug-likeness (QED) is 0.750. The number of aromatic nitrogens is 1. The van der Waals surface area contributed by atoms with E-state index < -0.39 is 0 Å². The predicted molar refractivity (Wildman–Crippen MR) is 61.4 cm³/mol. The van der Waals surface area contributed by atoms with Gasteiger partial charge in [0.2, 0.25) is 0 Å². The standard InChI is InChI=1S/C13H16N2/c1-9-4-11(7-14-5-9)12-3-2-10-6-15-8-13(10)12/h3-5,7,10,13,15H,2,6,8H2,1H3. The number of nitrogens with one attached hydrogen (secondary N) is 1. The van der Waals surface area contributed by atoms with Crippen molar-refractivity contribution < 1.29 is 0 Å². The van der Waals surface area contributed by atoms with Crippen LogP contribution in [0.4, 0.5) is 0 Å². The largest absolute Gasteiger partial charge is 0.316 e. The lowest BCUT2D eigenvalue weighted by molar-refractivity contribution is 0.542. The van der Waals surface area contributed by atoms with Gasteiger partial charge in [-0.05, 0) is 48.6 Å². The molecule has 1 aliphatic heterocycles. The molecule has 1 aromatic heterocycles. The first kappa shape index (κ1) is 9.10. The van der Waals surface area contributed by atoms with Crippen molar-refractivity contribution in [2.45, 2.75) is 13.3 Å². The Morgan fingerprint density at radius 3 is 3.13 bits per heavy atom. The highest BCUT2D eigenvalue weighted by Gasteiger charge is 2.34. The fourth-order valence-electron chi connectivity index (χ4n) is 2.82. The second-order valence-electron chi connectivity index (χ2n) is 4.67. The highest BCUT2D eigenvalue weighted by molar-refractivity contribution is 5.70. The smallest absolute Gasteiger partial charge is 0.0343 e. The summed E-state index contributed by atoms with van der Waals surface area (Å²) in [7, 11) is 0. The Labute approximate surface area is 90.4 Å². The van der Waals surface area contributed by atoms with E-state index in [1.165, 1.54) is 29.7 Å². The van der Waals surface area contributed by atoms with E-state index in [0.717, 1.165) is 18.4 Å². The van der Waals surface area contributed by atoms with Gasteiger partial charge in [0.05, 0.1) is 0 Å². The number of fused-ring (bicyclic) bond motifs is 1. The molecule has 0 saturated carbocycles. The lowest BCUT2D eigenvalue weighted by atomic mass is 9.91. The SMILES string of the molecule is Cc1cncc(C2=CCC3CNCC23)c1. The molecule has 2 nitrogen and oxygen atoms in total. The van der Waals surface area contributed by atoms with Crippen LogP contribution in [0.15, 0.2) is 24.5 Å². The summed E-state index contributed by atoms with van der Waals surface area (Å²) in [5.41, 5.74) is 4.09. The third-order valence-corrected chi connectivity index (χ3v) is 3.59.